The fraction of sp³-hybridized carbons (Fsp3) is 0.639. The molecule has 2 aliphatic rings. The summed E-state index contributed by atoms with van der Waals surface area (Å²) in [4.78, 5) is 114. The third-order valence-corrected chi connectivity index (χ3v) is 16.3. The van der Waals surface area contributed by atoms with E-state index >= 15 is 0 Å². The summed E-state index contributed by atoms with van der Waals surface area (Å²) in [6.07, 6.45) is 5.88. The van der Waals surface area contributed by atoms with Crippen LogP contribution < -0.4 is 26.6 Å². The number of amides is 8. The van der Waals surface area contributed by atoms with Crippen LogP contribution in [0.4, 0.5) is 21.0 Å². The highest BCUT2D eigenvalue weighted by Gasteiger charge is 2.44. The number of nitrogens with zero attached hydrogens (tertiary/aromatic N) is 3. The summed E-state index contributed by atoms with van der Waals surface area (Å²) < 4.78 is 23.5. The number of aliphatic hydroxyl groups is 1. The van der Waals surface area contributed by atoms with Crippen molar-refractivity contribution in [3.8, 4) is 0 Å². The maximum absolute atomic E-state index is 14.8. The van der Waals surface area contributed by atoms with E-state index in [2.05, 4.69) is 42.5 Å². The van der Waals surface area contributed by atoms with E-state index in [0.29, 0.717) is 43.4 Å². The summed E-state index contributed by atoms with van der Waals surface area (Å²) in [5, 5.41) is 25.0. The van der Waals surface area contributed by atoms with Crippen molar-refractivity contribution < 1.29 is 62.4 Å². The summed E-state index contributed by atoms with van der Waals surface area (Å²) >= 11 is 3.08. The first kappa shape index (κ1) is 69.4. The molecule has 1 aliphatic heterocycles. The second kappa shape index (κ2) is 34.6. The van der Waals surface area contributed by atoms with E-state index in [-0.39, 0.29) is 66.3 Å². The van der Waals surface area contributed by atoms with Gasteiger partial charge in [-0.1, -0.05) is 120 Å². The highest BCUT2D eigenvalue weighted by Crippen LogP contribution is 2.31. The lowest BCUT2D eigenvalue weighted by atomic mass is 9.89. The summed E-state index contributed by atoms with van der Waals surface area (Å²) in [7, 11) is 6.10. The first-order valence-corrected chi connectivity index (χ1v) is 30.3. The van der Waals surface area contributed by atoms with Crippen molar-refractivity contribution in [3.63, 3.8) is 0 Å². The zero-order chi connectivity index (χ0) is 61.5. The molecule has 83 heavy (non-hydrogen) atoms. The second-order valence-corrected chi connectivity index (χ2v) is 23.2. The Morgan fingerprint density at radius 2 is 1.51 bits per heavy atom. The summed E-state index contributed by atoms with van der Waals surface area (Å²) in [6, 6.07) is 9.98. The predicted molar refractivity (Wildman–Crippen MR) is 321 cm³/mol. The molecular weight excluding hydrogens is 1130 g/mol. The molecule has 4 rings (SSSR count). The Balaban J connectivity index is 1.46. The molecule has 2 aromatic rings. The van der Waals surface area contributed by atoms with Gasteiger partial charge in [-0.15, -0.1) is 0 Å². The molecule has 8 amide bonds. The minimum atomic E-state index is -1.09. The van der Waals surface area contributed by atoms with Gasteiger partial charge in [0.1, 0.15) is 24.8 Å². The smallest absolute Gasteiger partial charge is 0.412 e. The third-order valence-electron chi connectivity index (χ3n) is 15.8. The maximum Gasteiger partial charge on any atom is 0.412 e. The zero-order valence-electron chi connectivity index (χ0n) is 50.7. The van der Waals surface area contributed by atoms with Gasteiger partial charge >= 0.3 is 12.2 Å². The van der Waals surface area contributed by atoms with Crippen LogP contribution in [-0.2, 0) is 54.3 Å². The number of alkyl halides is 1. The first-order chi connectivity index (χ1) is 39.5. The van der Waals surface area contributed by atoms with Gasteiger partial charge in [0.15, 0.2) is 0 Å². The summed E-state index contributed by atoms with van der Waals surface area (Å²) in [5.41, 5.74) is 1.52. The lowest BCUT2D eigenvalue weighted by Crippen LogP contribution is -2.60. The summed E-state index contributed by atoms with van der Waals surface area (Å²) in [6.45, 7) is 14.8. The SMILES string of the molecule is CC[C@H](C)[C@@H]([C@@H](CC(=O)N1CCC[C@H]1[C@H](OC)[C@@H](C)C(=O)N[C@H](C)[C@@H](O)c1ccccc1)OC)N(C)C(=O)[C@H](NC(=O)[C@H](C(C)C)N(C)C(=O)OCc1ccc(NC(=O)OC2C=CCCCCC2)c(NC(=O)CCNC(=O)CBr)c1)C(C)C. The van der Waals surface area contributed by atoms with Gasteiger partial charge in [-0.25, -0.2) is 9.59 Å². The topological polar surface area (TPSA) is 264 Å². The van der Waals surface area contributed by atoms with Crippen molar-refractivity contribution in [2.45, 2.75) is 181 Å². The Morgan fingerprint density at radius 1 is 0.795 bits per heavy atom. The van der Waals surface area contributed by atoms with Gasteiger partial charge in [-0.3, -0.25) is 39.0 Å². The Bertz CT molecular complexity index is 2480. The average Bonchev–Trinajstić information content (AvgIpc) is 4.15. The van der Waals surface area contributed by atoms with Crippen LogP contribution in [0.5, 0.6) is 0 Å². The number of nitrogens with one attached hydrogen (secondary N) is 5. The van der Waals surface area contributed by atoms with E-state index in [1.165, 1.54) is 26.2 Å². The minimum Gasteiger partial charge on any atom is -0.445 e. The average molecular weight is 1230 g/mol. The normalized spacial score (nSPS) is 18.6. The van der Waals surface area contributed by atoms with E-state index in [4.69, 9.17) is 18.9 Å². The molecule has 1 unspecified atom stereocenters. The lowest BCUT2D eigenvalue weighted by molar-refractivity contribution is -0.148. The monoisotopic (exact) mass is 1220 g/mol. The third kappa shape index (κ3) is 20.6. The number of methoxy groups -OCH3 is 2. The maximum atomic E-state index is 14.8. The number of aliphatic hydroxyl groups excluding tert-OH is 1. The number of rotatable bonds is 29. The number of halogens is 1. The molecule has 1 fully saturated rings. The van der Waals surface area contributed by atoms with E-state index in [1.54, 1.807) is 88.7 Å². The number of hydrogen-bond donors (Lipinski definition) is 6. The van der Waals surface area contributed by atoms with Crippen LogP contribution in [0.2, 0.25) is 0 Å². The molecule has 0 saturated carbocycles. The fourth-order valence-corrected chi connectivity index (χ4v) is 11.1. The number of carbonyl (C=O) groups excluding carboxylic acids is 8. The van der Waals surface area contributed by atoms with Gasteiger partial charge in [-0.2, -0.15) is 0 Å². The van der Waals surface area contributed by atoms with Crippen molar-refractivity contribution >= 4 is 74.9 Å². The largest absolute Gasteiger partial charge is 0.445 e. The van der Waals surface area contributed by atoms with Gasteiger partial charge < -0.3 is 55.1 Å². The molecule has 0 aromatic heterocycles. The van der Waals surface area contributed by atoms with Crippen LogP contribution in [0.3, 0.4) is 0 Å². The first-order valence-electron chi connectivity index (χ1n) is 29.2. The Morgan fingerprint density at radius 3 is 2.14 bits per heavy atom. The molecule has 1 saturated heterocycles. The number of anilines is 2. The molecule has 6 N–H and O–H groups in total. The lowest BCUT2D eigenvalue weighted by Gasteiger charge is -2.41. The van der Waals surface area contributed by atoms with Crippen molar-refractivity contribution in [1.82, 2.24) is 30.7 Å². The van der Waals surface area contributed by atoms with E-state index in [0.717, 1.165) is 25.7 Å². The van der Waals surface area contributed by atoms with Crippen molar-refractivity contribution in [3.05, 3.63) is 71.8 Å². The van der Waals surface area contributed by atoms with E-state index < -0.39 is 102 Å². The van der Waals surface area contributed by atoms with E-state index in [9.17, 15) is 43.5 Å². The van der Waals surface area contributed by atoms with Crippen LogP contribution in [0, 0.1) is 23.7 Å². The number of allylic oxidation sites excluding steroid dienone is 1. The van der Waals surface area contributed by atoms with Crippen molar-refractivity contribution in [2.75, 3.05) is 57.4 Å². The van der Waals surface area contributed by atoms with Crippen LogP contribution in [-0.4, -0.2) is 163 Å². The molecule has 1 heterocycles. The second-order valence-electron chi connectivity index (χ2n) is 22.6. The quantitative estimate of drug-likeness (QED) is 0.0335. The number of hydrogen-bond acceptors (Lipinski definition) is 13. The van der Waals surface area contributed by atoms with Crippen molar-refractivity contribution in [1.29, 1.82) is 0 Å². The van der Waals surface area contributed by atoms with Crippen LogP contribution >= 0.6 is 15.9 Å². The standard InChI is InChI=1S/C61H93BrN8O13/c1-13-39(6)54(48(80-11)34-51(73)70-32-22-27-47(70)56(81-12)40(7)57(75)64-41(8)55(74)43-23-18-17-19-24-43)68(9)59(77)52(37(2)3)67-58(76)53(38(4)5)69(10)61(79)82-36-42-28-29-45(46(33-42)65-49(71)30-31-63-50(72)35-62)66-60(78)83-44-25-20-15-14-16-21-26-44/h17-20,23-25,28-29,33,37-41,44,47-48,52-56,74H,13-16,21-22,26-27,30-32,34-36H2,1-12H3,(H,63,72)(H,64,75)(H,65,71)(H,66,78)(H,67,76)/t39-,40+,41+,44?,47-,48+,52+,53-,54-,55+,56+/m0/s1. The molecule has 0 spiro atoms. The molecule has 0 radical (unpaired) electrons. The molecule has 21 nitrogen and oxygen atoms in total. The Kier molecular flexibility index (Phi) is 28.9. The van der Waals surface area contributed by atoms with Gasteiger partial charge in [-0.05, 0) is 92.5 Å². The molecular formula is C61H93BrN8O13. The number of likely N-dealkylation sites (tertiary alicyclic amines) is 1. The Hall–Kier alpha value is -6.10. The Labute approximate surface area is 499 Å². The molecule has 11 atom stereocenters. The number of likely N-dealkylation sites (N-methyl/N-ethyl adjacent to an activating group) is 2. The van der Waals surface area contributed by atoms with Crippen LogP contribution in [0.15, 0.2) is 60.7 Å². The minimum absolute atomic E-state index is 0.0626. The highest BCUT2D eigenvalue weighted by molar-refractivity contribution is 9.09. The van der Waals surface area contributed by atoms with Crippen LogP contribution in [0.1, 0.15) is 137 Å². The van der Waals surface area contributed by atoms with Gasteiger partial charge in [0, 0.05) is 47.8 Å². The summed E-state index contributed by atoms with van der Waals surface area (Å²) in [5.74, 6) is -4.01. The van der Waals surface area contributed by atoms with Gasteiger partial charge in [0.25, 0.3) is 0 Å². The highest BCUT2D eigenvalue weighted by atomic mass is 79.9. The van der Waals surface area contributed by atoms with Crippen molar-refractivity contribution in [2.24, 2.45) is 23.7 Å². The molecule has 22 heteroatoms. The molecule has 462 valence electrons. The predicted octanol–water partition coefficient (Wildman–Crippen LogP) is 7.86. The number of carbonyl (C=O) groups is 8. The van der Waals surface area contributed by atoms with Gasteiger partial charge in [0.05, 0.1) is 65.5 Å². The van der Waals surface area contributed by atoms with E-state index in [1.807, 2.05) is 44.2 Å². The number of ether oxygens (including phenoxy) is 4. The molecule has 0 bridgehead atoms. The molecule has 1 aliphatic carbocycles. The van der Waals surface area contributed by atoms with Crippen LogP contribution in [0.25, 0.3) is 0 Å². The molecule has 2 aromatic carbocycles. The number of benzene rings is 2. The fourth-order valence-electron chi connectivity index (χ4n) is 10.9. The zero-order valence-corrected chi connectivity index (χ0v) is 52.3. The van der Waals surface area contributed by atoms with Gasteiger partial charge in [0.2, 0.25) is 35.4 Å².